The third kappa shape index (κ3) is 4.56. The van der Waals surface area contributed by atoms with Crippen LogP contribution in [-0.4, -0.2) is 52.3 Å². The molecule has 0 radical (unpaired) electrons. The summed E-state index contributed by atoms with van der Waals surface area (Å²) in [4.78, 5) is 12.1. The first-order valence-corrected chi connectivity index (χ1v) is 8.88. The number of hydrogen-bond acceptors (Lipinski definition) is 8. The van der Waals surface area contributed by atoms with Gasteiger partial charge in [0.25, 0.3) is 0 Å². The van der Waals surface area contributed by atoms with Crippen molar-refractivity contribution in [3.05, 3.63) is 53.7 Å². The number of methoxy groups -OCH3 is 1. The van der Waals surface area contributed by atoms with E-state index in [1.54, 1.807) is 13.0 Å². The predicted octanol–water partition coefficient (Wildman–Crippen LogP) is 0.916. The van der Waals surface area contributed by atoms with Crippen molar-refractivity contribution in [3.8, 4) is 22.8 Å². The standard InChI is InChI=1S/C19H20BN3O6/c1-3-28-19(24)17-16(21-23-22-17)13-9-14(20(25)26)18(15(10-13)27-2)29-11-12-7-5-4-6-8-12/h4-10,25-26H,3,11H2,1-2H3,(H,21,22,23). The summed E-state index contributed by atoms with van der Waals surface area (Å²) in [5.74, 6) is -0.221. The zero-order chi connectivity index (χ0) is 20.8. The summed E-state index contributed by atoms with van der Waals surface area (Å²) in [5.41, 5.74) is 1.52. The Balaban J connectivity index is 2.01. The minimum Gasteiger partial charge on any atom is -0.493 e. The molecule has 9 nitrogen and oxygen atoms in total. The molecule has 3 N–H and O–H groups in total. The predicted molar refractivity (Wildman–Crippen MR) is 105 cm³/mol. The number of nitrogens with zero attached hydrogens (tertiary/aromatic N) is 2. The number of benzene rings is 2. The smallest absolute Gasteiger partial charge is 0.492 e. The number of H-pyrrole nitrogens is 1. The molecule has 10 heteroatoms. The van der Waals surface area contributed by atoms with Gasteiger partial charge >= 0.3 is 13.1 Å². The molecule has 1 aromatic heterocycles. The average Bonchev–Trinajstić information content (AvgIpc) is 3.22. The van der Waals surface area contributed by atoms with Crippen molar-refractivity contribution in [2.24, 2.45) is 0 Å². The van der Waals surface area contributed by atoms with Crippen molar-refractivity contribution >= 4 is 18.6 Å². The molecule has 3 aromatic rings. The Labute approximate surface area is 167 Å². The number of aromatic nitrogens is 3. The van der Waals surface area contributed by atoms with E-state index in [4.69, 9.17) is 14.2 Å². The van der Waals surface area contributed by atoms with Gasteiger partial charge in [-0.2, -0.15) is 10.3 Å². The Hall–Kier alpha value is -3.37. The third-order valence-electron chi connectivity index (χ3n) is 4.10. The summed E-state index contributed by atoms with van der Waals surface area (Å²) in [6.45, 7) is 2.06. The molecule has 1 heterocycles. The van der Waals surface area contributed by atoms with Crippen LogP contribution in [0.2, 0.25) is 0 Å². The molecule has 0 spiro atoms. The van der Waals surface area contributed by atoms with Crippen molar-refractivity contribution in [2.75, 3.05) is 13.7 Å². The topological polar surface area (TPSA) is 127 Å². The number of aromatic amines is 1. The minimum absolute atomic E-state index is 0.0229. The highest BCUT2D eigenvalue weighted by Gasteiger charge is 2.26. The maximum atomic E-state index is 12.1. The van der Waals surface area contributed by atoms with Crippen LogP contribution in [-0.2, 0) is 11.3 Å². The van der Waals surface area contributed by atoms with E-state index < -0.39 is 13.1 Å². The van der Waals surface area contributed by atoms with E-state index in [1.807, 2.05) is 30.3 Å². The van der Waals surface area contributed by atoms with Gasteiger partial charge in [-0.25, -0.2) is 4.79 Å². The maximum Gasteiger partial charge on any atom is 0.492 e. The summed E-state index contributed by atoms with van der Waals surface area (Å²) in [6, 6.07) is 12.4. The summed E-state index contributed by atoms with van der Waals surface area (Å²) >= 11 is 0. The van der Waals surface area contributed by atoms with Crippen LogP contribution in [0.5, 0.6) is 11.5 Å². The molecule has 0 aliphatic rings. The molecular weight excluding hydrogens is 377 g/mol. The van der Waals surface area contributed by atoms with Crippen LogP contribution in [0.1, 0.15) is 23.0 Å². The fourth-order valence-corrected chi connectivity index (χ4v) is 2.76. The fraction of sp³-hybridized carbons (Fsp3) is 0.211. The number of carbonyl (C=O) groups excluding carboxylic acids is 1. The van der Waals surface area contributed by atoms with E-state index in [2.05, 4.69) is 15.4 Å². The highest BCUT2D eigenvalue weighted by Crippen LogP contribution is 2.32. The molecule has 0 fully saturated rings. The lowest BCUT2D eigenvalue weighted by molar-refractivity contribution is 0.0520. The van der Waals surface area contributed by atoms with Crippen molar-refractivity contribution in [1.82, 2.24) is 15.4 Å². The van der Waals surface area contributed by atoms with E-state index in [1.165, 1.54) is 13.2 Å². The molecule has 0 aliphatic heterocycles. The fourth-order valence-electron chi connectivity index (χ4n) is 2.76. The summed E-state index contributed by atoms with van der Waals surface area (Å²) < 4.78 is 16.2. The lowest BCUT2D eigenvalue weighted by atomic mass is 9.78. The van der Waals surface area contributed by atoms with Crippen molar-refractivity contribution in [1.29, 1.82) is 0 Å². The highest BCUT2D eigenvalue weighted by molar-refractivity contribution is 6.60. The third-order valence-corrected chi connectivity index (χ3v) is 4.10. The van der Waals surface area contributed by atoms with Gasteiger partial charge in [-0.1, -0.05) is 30.3 Å². The zero-order valence-corrected chi connectivity index (χ0v) is 16.0. The number of rotatable bonds is 8. The molecule has 0 bridgehead atoms. The molecular formula is C19H20BN3O6. The quantitative estimate of drug-likeness (QED) is 0.378. The van der Waals surface area contributed by atoms with Crippen LogP contribution < -0.4 is 14.9 Å². The largest absolute Gasteiger partial charge is 0.493 e. The van der Waals surface area contributed by atoms with Gasteiger partial charge in [-0.15, -0.1) is 5.10 Å². The monoisotopic (exact) mass is 397 g/mol. The number of ether oxygens (including phenoxy) is 3. The van der Waals surface area contributed by atoms with E-state index in [0.717, 1.165) is 5.56 Å². The molecule has 29 heavy (non-hydrogen) atoms. The van der Waals surface area contributed by atoms with Crippen LogP contribution in [0.4, 0.5) is 0 Å². The van der Waals surface area contributed by atoms with E-state index in [0.29, 0.717) is 5.56 Å². The maximum absolute atomic E-state index is 12.1. The van der Waals surface area contributed by atoms with Crippen LogP contribution in [0.3, 0.4) is 0 Å². The summed E-state index contributed by atoms with van der Waals surface area (Å²) in [7, 11) is -0.413. The lowest BCUT2D eigenvalue weighted by Crippen LogP contribution is -2.32. The van der Waals surface area contributed by atoms with Gasteiger partial charge in [0.2, 0.25) is 0 Å². The lowest BCUT2D eigenvalue weighted by Gasteiger charge is -2.16. The zero-order valence-electron chi connectivity index (χ0n) is 16.0. The molecule has 0 saturated carbocycles. The second kappa shape index (κ2) is 9.22. The first-order chi connectivity index (χ1) is 14.0. The normalized spacial score (nSPS) is 10.5. The molecule has 3 rings (SSSR count). The second-order valence-corrected chi connectivity index (χ2v) is 5.99. The molecule has 150 valence electrons. The van der Waals surface area contributed by atoms with Gasteiger partial charge in [0.1, 0.15) is 12.3 Å². The second-order valence-electron chi connectivity index (χ2n) is 5.99. The van der Waals surface area contributed by atoms with Gasteiger partial charge in [-0.05, 0) is 24.6 Å². The number of carbonyl (C=O) groups is 1. The molecule has 0 aliphatic carbocycles. The van der Waals surface area contributed by atoms with Gasteiger partial charge in [-0.3, -0.25) is 0 Å². The number of esters is 1. The van der Waals surface area contributed by atoms with Crippen LogP contribution in [0.15, 0.2) is 42.5 Å². The molecule has 0 unspecified atom stereocenters. The van der Waals surface area contributed by atoms with Crippen molar-refractivity contribution in [3.63, 3.8) is 0 Å². The SMILES string of the molecule is CCOC(=O)c1n[nH]nc1-c1cc(OC)c(OCc2ccccc2)c(B(O)O)c1. The van der Waals surface area contributed by atoms with Crippen molar-refractivity contribution < 1.29 is 29.1 Å². The van der Waals surface area contributed by atoms with Gasteiger partial charge in [0.15, 0.2) is 17.2 Å². The Morgan fingerprint density at radius 3 is 2.59 bits per heavy atom. The number of hydrogen-bond donors (Lipinski definition) is 3. The van der Waals surface area contributed by atoms with E-state index in [-0.39, 0.29) is 41.6 Å². The first kappa shape index (κ1) is 20.4. The van der Waals surface area contributed by atoms with Crippen LogP contribution in [0.25, 0.3) is 11.3 Å². The van der Waals surface area contributed by atoms with Crippen molar-refractivity contribution in [2.45, 2.75) is 13.5 Å². The van der Waals surface area contributed by atoms with Crippen LogP contribution >= 0.6 is 0 Å². The summed E-state index contributed by atoms with van der Waals surface area (Å²) in [6.07, 6.45) is 0. The highest BCUT2D eigenvalue weighted by atomic mass is 16.5. The van der Waals surface area contributed by atoms with E-state index >= 15 is 0 Å². The minimum atomic E-state index is -1.84. The van der Waals surface area contributed by atoms with Crippen LogP contribution in [0, 0.1) is 0 Å². The average molecular weight is 397 g/mol. The number of nitrogens with one attached hydrogen (secondary N) is 1. The molecule has 0 amide bonds. The Bertz CT molecular complexity index is 977. The Kier molecular flexibility index (Phi) is 6.48. The van der Waals surface area contributed by atoms with E-state index in [9.17, 15) is 14.8 Å². The summed E-state index contributed by atoms with van der Waals surface area (Å²) in [5, 5.41) is 30.0. The van der Waals surface area contributed by atoms with Gasteiger partial charge in [0, 0.05) is 11.0 Å². The Morgan fingerprint density at radius 1 is 1.17 bits per heavy atom. The molecule has 0 atom stereocenters. The Morgan fingerprint density at radius 2 is 1.93 bits per heavy atom. The van der Waals surface area contributed by atoms with Gasteiger partial charge < -0.3 is 24.3 Å². The molecule has 0 saturated heterocycles. The molecule has 2 aromatic carbocycles. The van der Waals surface area contributed by atoms with Gasteiger partial charge in [0.05, 0.1) is 13.7 Å². The first-order valence-electron chi connectivity index (χ1n) is 8.88.